The van der Waals surface area contributed by atoms with Gasteiger partial charge in [-0.1, -0.05) is 24.3 Å². The zero-order valence-electron chi connectivity index (χ0n) is 14.1. The van der Waals surface area contributed by atoms with Crippen molar-refractivity contribution in [1.82, 2.24) is 9.62 Å². The molecule has 1 N–H and O–H groups in total. The summed E-state index contributed by atoms with van der Waals surface area (Å²) in [5, 5.41) is 2.45. The first-order chi connectivity index (χ1) is 12.3. The average molecular weight is 372 g/mol. The molecule has 0 aromatic heterocycles. The standard InChI is InChI=1S/C18H16N2O5S/c1-19-18(23)12-7-5-6-11(10-12)16(21)15-17(22)13-8-3-4-9-14(13)26(24,25)20(15)2/h3-10,15H,1-2H3,(H,19,23). The fourth-order valence-corrected chi connectivity index (χ4v) is 4.38. The van der Waals surface area contributed by atoms with Crippen LogP contribution in [0.15, 0.2) is 53.4 Å². The monoisotopic (exact) mass is 372 g/mol. The maximum absolute atomic E-state index is 12.9. The van der Waals surface area contributed by atoms with E-state index in [1.807, 2.05) is 0 Å². The Morgan fingerprint density at radius 2 is 1.69 bits per heavy atom. The van der Waals surface area contributed by atoms with Crippen LogP contribution in [-0.2, 0) is 10.0 Å². The van der Waals surface area contributed by atoms with Crippen molar-refractivity contribution in [2.45, 2.75) is 10.9 Å². The predicted octanol–water partition coefficient (Wildman–Crippen LogP) is 1.11. The first-order valence-corrected chi connectivity index (χ1v) is 9.20. The van der Waals surface area contributed by atoms with E-state index >= 15 is 0 Å². The lowest BCUT2D eigenvalue weighted by atomic mass is 9.95. The van der Waals surface area contributed by atoms with Gasteiger partial charge in [-0.25, -0.2) is 8.42 Å². The number of sulfonamides is 1. The summed E-state index contributed by atoms with van der Waals surface area (Å²) in [5.41, 5.74) is 0.324. The Kier molecular flexibility index (Phi) is 4.47. The molecule has 1 heterocycles. The number of Topliss-reactive ketones (excluding diaryl/α,β-unsaturated/α-hetero) is 2. The van der Waals surface area contributed by atoms with Gasteiger partial charge in [0.2, 0.25) is 10.0 Å². The molecular formula is C18H16N2O5S. The second-order valence-corrected chi connectivity index (χ2v) is 7.77. The van der Waals surface area contributed by atoms with E-state index in [4.69, 9.17) is 0 Å². The number of nitrogens with zero attached hydrogens (tertiary/aromatic N) is 1. The number of benzene rings is 2. The van der Waals surface area contributed by atoms with E-state index in [9.17, 15) is 22.8 Å². The van der Waals surface area contributed by atoms with Crippen LogP contribution in [0, 0.1) is 0 Å². The molecular weight excluding hydrogens is 356 g/mol. The average Bonchev–Trinajstić information content (AvgIpc) is 2.66. The van der Waals surface area contributed by atoms with Gasteiger partial charge in [-0.05, 0) is 24.3 Å². The van der Waals surface area contributed by atoms with Gasteiger partial charge in [0.25, 0.3) is 5.91 Å². The van der Waals surface area contributed by atoms with Crippen LogP contribution in [0.2, 0.25) is 0 Å². The second kappa shape index (κ2) is 6.47. The van der Waals surface area contributed by atoms with Gasteiger partial charge in [0.1, 0.15) is 0 Å². The third-order valence-electron chi connectivity index (χ3n) is 4.31. The molecule has 26 heavy (non-hydrogen) atoms. The molecule has 2 aromatic rings. The molecule has 0 bridgehead atoms. The molecule has 0 spiro atoms. The molecule has 7 nitrogen and oxygen atoms in total. The lowest BCUT2D eigenvalue weighted by Crippen LogP contribution is -2.51. The van der Waals surface area contributed by atoms with Gasteiger partial charge in [-0.3, -0.25) is 14.4 Å². The SMILES string of the molecule is CNC(=O)c1cccc(C(=O)C2C(=O)c3ccccc3S(=O)(=O)N2C)c1. The fraction of sp³-hybridized carbons (Fsp3) is 0.167. The lowest BCUT2D eigenvalue weighted by Gasteiger charge is -2.31. The number of likely N-dealkylation sites (N-methyl/N-ethyl adjacent to an activating group) is 1. The highest BCUT2D eigenvalue weighted by molar-refractivity contribution is 7.89. The smallest absolute Gasteiger partial charge is 0.251 e. The number of nitrogens with one attached hydrogen (secondary N) is 1. The Hall–Kier alpha value is -2.84. The Labute approximate surface area is 150 Å². The van der Waals surface area contributed by atoms with Gasteiger partial charge in [0, 0.05) is 30.8 Å². The molecule has 1 unspecified atom stereocenters. The highest BCUT2D eigenvalue weighted by Gasteiger charge is 2.45. The summed E-state index contributed by atoms with van der Waals surface area (Å²) >= 11 is 0. The summed E-state index contributed by atoms with van der Waals surface area (Å²) in [5.74, 6) is -1.66. The number of amides is 1. The van der Waals surface area contributed by atoms with Crippen molar-refractivity contribution in [3.05, 3.63) is 65.2 Å². The molecule has 1 amide bonds. The number of hydrogen-bond donors (Lipinski definition) is 1. The highest BCUT2D eigenvalue weighted by Crippen LogP contribution is 2.30. The molecule has 1 atom stereocenters. The third-order valence-corrected chi connectivity index (χ3v) is 6.19. The van der Waals surface area contributed by atoms with E-state index in [0.717, 1.165) is 4.31 Å². The number of hydrogen-bond acceptors (Lipinski definition) is 5. The van der Waals surface area contributed by atoms with E-state index < -0.39 is 27.6 Å². The van der Waals surface area contributed by atoms with Crippen LogP contribution >= 0.6 is 0 Å². The van der Waals surface area contributed by atoms with Crippen LogP contribution in [0.4, 0.5) is 0 Å². The summed E-state index contributed by atoms with van der Waals surface area (Å²) < 4.78 is 26.1. The molecule has 0 fully saturated rings. The van der Waals surface area contributed by atoms with Gasteiger partial charge in [-0.15, -0.1) is 0 Å². The molecule has 0 aliphatic carbocycles. The number of carbonyl (C=O) groups excluding carboxylic acids is 3. The largest absolute Gasteiger partial charge is 0.355 e. The topological polar surface area (TPSA) is 101 Å². The van der Waals surface area contributed by atoms with Gasteiger partial charge in [0.15, 0.2) is 17.6 Å². The molecule has 134 valence electrons. The van der Waals surface area contributed by atoms with E-state index in [-0.39, 0.29) is 27.5 Å². The number of carbonyl (C=O) groups is 3. The van der Waals surface area contributed by atoms with Gasteiger partial charge < -0.3 is 5.32 Å². The minimum atomic E-state index is -3.97. The maximum atomic E-state index is 12.9. The Morgan fingerprint density at radius 3 is 2.38 bits per heavy atom. The minimum Gasteiger partial charge on any atom is -0.355 e. The minimum absolute atomic E-state index is 0.00796. The van der Waals surface area contributed by atoms with E-state index in [1.165, 1.54) is 56.6 Å². The van der Waals surface area contributed by atoms with Crippen LogP contribution in [-0.4, -0.2) is 50.3 Å². The Balaban J connectivity index is 2.09. The van der Waals surface area contributed by atoms with Crippen molar-refractivity contribution < 1.29 is 22.8 Å². The third kappa shape index (κ3) is 2.73. The summed E-state index contributed by atoms with van der Waals surface area (Å²) in [7, 11) is -1.31. The molecule has 0 radical (unpaired) electrons. The number of fused-ring (bicyclic) bond motifs is 1. The van der Waals surface area contributed by atoms with E-state index in [2.05, 4.69) is 5.32 Å². The molecule has 2 aromatic carbocycles. The van der Waals surface area contributed by atoms with Crippen LogP contribution in [0.3, 0.4) is 0 Å². The van der Waals surface area contributed by atoms with Crippen LogP contribution in [0.25, 0.3) is 0 Å². The second-order valence-electron chi connectivity index (χ2n) is 5.81. The van der Waals surface area contributed by atoms with Crippen molar-refractivity contribution in [1.29, 1.82) is 0 Å². The Bertz CT molecular complexity index is 1030. The quantitative estimate of drug-likeness (QED) is 0.643. The molecule has 1 aliphatic heterocycles. The van der Waals surface area contributed by atoms with Crippen molar-refractivity contribution in [3.63, 3.8) is 0 Å². The first kappa shape index (κ1) is 18.0. The highest BCUT2D eigenvalue weighted by atomic mass is 32.2. The molecule has 0 saturated carbocycles. The summed E-state index contributed by atoms with van der Waals surface area (Å²) in [6.45, 7) is 0. The van der Waals surface area contributed by atoms with Gasteiger partial charge in [-0.2, -0.15) is 4.31 Å². The molecule has 1 aliphatic rings. The van der Waals surface area contributed by atoms with Gasteiger partial charge in [0.05, 0.1) is 4.90 Å². The van der Waals surface area contributed by atoms with Gasteiger partial charge >= 0.3 is 0 Å². The molecule has 0 saturated heterocycles. The van der Waals surface area contributed by atoms with Crippen molar-refractivity contribution >= 4 is 27.5 Å². The normalized spacial score (nSPS) is 18.8. The Morgan fingerprint density at radius 1 is 1.04 bits per heavy atom. The molecule has 3 rings (SSSR count). The summed E-state index contributed by atoms with van der Waals surface area (Å²) in [6, 6.07) is 10.1. The van der Waals surface area contributed by atoms with E-state index in [1.54, 1.807) is 6.07 Å². The zero-order valence-corrected chi connectivity index (χ0v) is 14.9. The van der Waals surface area contributed by atoms with Crippen LogP contribution in [0.1, 0.15) is 31.1 Å². The zero-order chi connectivity index (χ0) is 19.1. The fourth-order valence-electron chi connectivity index (χ4n) is 2.90. The first-order valence-electron chi connectivity index (χ1n) is 7.76. The van der Waals surface area contributed by atoms with Crippen LogP contribution in [0.5, 0.6) is 0 Å². The number of rotatable bonds is 3. The van der Waals surface area contributed by atoms with E-state index in [0.29, 0.717) is 0 Å². The van der Waals surface area contributed by atoms with Crippen molar-refractivity contribution in [2.75, 3.05) is 14.1 Å². The summed E-state index contributed by atoms with van der Waals surface area (Å²) in [6.07, 6.45) is 0. The number of ketones is 2. The predicted molar refractivity (Wildman–Crippen MR) is 93.7 cm³/mol. The molecule has 8 heteroatoms. The maximum Gasteiger partial charge on any atom is 0.251 e. The van der Waals surface area contributed by atoms with Crippen molar-refractivity contribution in [3.8, 4) is 0 Å². The summed E-state index contributed by atoms with van der Waals surface area (Å²) in [4.78, 5) is 37.4. The lowest BCUT2D eigenvalue weighted by molar-refractivity contribution is 0.0784. The van der Waals surface area contributed by atoms with Crippen LogP contribution < -0.4 is 5.32 Å². The van der Waals surface area contributed by atoms with Crippen molar-refractivity contribution in [2.24, 2.45) is 0 Å².